The molecule has 0 fully saturated rings. The third-order valence-electron chi connectivity index (χ3n) is 1.42. The molecule has 0 saturated heterocycles. The van der Waals surface area contributed by atoms with Crippen LogP contribution in [0.25, 0.3) is 0 Å². The molecule has 9 nitrogen and oxygen atoms in total. The number of hydrogen-bond donors (Lipinski definition) is 3. The van der Waals surface area contributed by atoms with Gasteiger partial charge in [0.15, 0.2) is 5.25 Å². The van der Waals surface area contributed by atoms with Crippen LogP contribution in [0.15, 0.2) is 12.7 Å². The van der Waals surface area contributed by atoms with E-state index in [1.54, 1.807) is 0 Å². The van der Waals surface area contributed by atoms with Gasteiger partial charge in [-0.3, -0.25) is 14.1 Å². The molecule has 0 bridgehead atoms. The fraction of sp³-hybridized carbons (Fsp3) is 0.286. The van der Waals surface area contributed by atoms with Gasteiger partial charge in [-0.05, 0) is 6.08 Å². The summed E-state index contributed by atoms with van der Waals surface area (Å²) in [6.07, 6.45) is -0.464. The molecule has 0 aliphatic carbocycles. The number of carboxylic acid groups (broad SMARTS) is 1. The highest BCUT2D eigenvalue weighted by Gasteiger charge is 2.35. The molecule has 3 N–H and O–H groups in total. The first-order chi connectivity index (χ1) is 7.68. The molecule has 0 aromatic carbocycles. The normalized spacial score (nSPS) is 12.3. The van der Waals surface area contributed by atoms with Gasteiger partial charge in [-0.25, -0.2) is 4.79 Å². The molecule has 96 valence electrons. The number of carbonyl (C=O) groups excluding carboxylic acids is 2. The Morgan fingerprint density at radius 2 is 1.94 bits per heavy atom. The molecule has 0 aromatic rings. The number of nitrogens with one attached hydrogen (secondary N) is 1. The summed E-state index contributed by atoms with van der Waals surface area (Å²) in [5.41, 5.74) is 1.48. The van der Waals surface area contributed by atoms with Crippen molar-refractivity contribution in [3.05, 3.63) is 12.7 Å². The highest BCUT2D eigenvalue weighted by molar-refractivity contribution is 7.87. The summed E-state index contributed by atoms with van der Waals surface area (Å²) in [6, 6.07) is 0. The first-order valence-corrected chi connectivity index (χ1v) is 5.50. The number of carboxylic acids is 1. The maximum atomic E-state index is 11.1. The van der Waals surface area contributed by atoms with Gasteiger partial charge >= 0.3 is 11.9 Å². The monoisotopic (exact) mass is 267 g/mol. The summed E-state index contributed by atoms with van der Waals surface area (Å²) in [4.78, 5) is 35.9. The minimum Gasteiger partial charge on any atom is -0.481 e. The van der Waals surface area contributed by atoms with Gasteiger partial charge < -0.3 is 9.94 Å². The standard InChI is InChI=1S/C7H9NO8S/c1-2-5(9)8-16-7(12)4(3-6(10)11)17(13,14)15/h2,4H,1,3H2,(H,8,9)(H,10,11)(H,13,14,15). The largest absolute Gasteiger partial charge is 0.481 e. The second kappa shape index (κ2) is 5.96. The van der Waals surface area contributed by atoms with Gasteiger partial charge in [0.2, 0.25) is 0 Å². The molecule has 0 saturated carbocycles. The summed E-state index contributed by atoms with van der Waals surface area (Å²) in [6.45, 7) is 3.02. The summed E-state index contributed by atoms with van der Waals surface area (Å²) in [5.74, 6) is -4.20. The van der Waals surface area contributed by atoms with E-state index in [1.807, 2.05) is 0 Å². The third kappa shape index (κ3) is 5.63. The Hall–Kier alpha value is -1.94. The van der Waals surface area contributed by atoms with Crippen LogP contribution in [-0.2, 0) is 29.3 Å². The van der Waals surface area contributed by atoms with E-state index in [1.165, 1.54) is 5.48 Å². The lowest BCUT2D eigenvalue weighted by atomic mass is 10.3. The highest BCUT2D eigenvalue weighted by atomic mass is 32.2. The molecule has 0 spiro atoms. The highest BCUT2D eigenvalue weighted by Crippen LogP contribution is 2.06. The zero-order chi connectivity index (χ0) is 13.6. The average Bonchev–Trinajstić information content (AvgIpc) is 2.20. The number of hydroxylamine groups is 1. The van der Waals surface area contributed by atoms with Crippen LogP contribution in [0.5, 0.6) is 0 Å². The molecule has 0 heterocycles. The van der Waals surface area contributed by atoms with Crippen LogP contribution in [0, 0.1) is 0 Å². The molecule has 17 heavy (non-hydrogen) atoms. The molecule has 0 aliphatic heterocycles. The first-order valence-electron chi connectivity index (χ1n) is 3.99. The lowest BCUT2D eigenvalue weighted by Crippen LogP contribution is -2.38. The van der Waals surface area contributed by atoms with Crippen LogP contribution in [-0.4, -0.2) is 41.2 Å². The maximum absolute atomic E-state index is 11.1. The van der Waals surface area contributed by atoms with Crippen molar-refractivity contribution in [2.24, 2.45) is 0 Å². The molecular formula is C7H9NO8S. The number of aliphatic carboxylic acids is 1. The molecular weight excluding hydrogens is 258 g/mol. The first kappa shape index (κ1) is 15.1. The van der Waals surface area contributed by atoms with Crippen molar-refractivity contribution in [3.8, 4) is 0 Å². The van der Waals surface area contributed by atoms with Gasteiger partial charge in [-0.2, -0.15) is 13.9 Å². The summed E-state index contributed by atoms with van der Waals surface area (Å²) < 4.78 is 30.0. The van der Waals surface area contributed by atoms with Crippen LogP contribution in [0.3, 0.4) is 0 Å². The van der Waals surface area contributed by atoms with Crippen LogP contribution in [0.1, 0.15) is 6.42 Å². The molecule has 1 amide bonds. The molecule has 1 unspecified atom stereocenters. The fourth-order valence-corrected chi connectivity index (χ4v) is 1.32. The Labute approximate surface area is 95.8 Å². The van der Waals surface area contributed by atoms with Crippen molar-refractivity contribution >= 4 is 28.0 Å². The molecule has 0 aliphatic rings. The molecule has 0 aromatic heterocycles. The van der Waals surface area contributed by atoms with Crippen molar-refractivity contribution in [1.29, 1.82) is 0 Å². The Bertz CT molecular complexity index is 439. The third-order valence-corrected chi connectivity index (χ3v) is 2.50. The number of amides is 1. The van der Waals surface area contributed by atoms with Crippen LogP contribution < -0.4 is 5.48 Å². The summed E-state index contributed by atoms with van der Waals surface area (Å²) >= 11 is 0. The number of carbonyl (C=O) groups is 3. The van der Waals surface area contributed by atoms with Gasteiger partial charge in [-0.1, -0.05) is 6.58 Å². The van der Waals surface area contributed by atoms with Crippen LogP contribution in [0.2, 0.25) is 0 Å². The zero-order valence-electron chi connectivity index (χ0n) is 8.32. The van der Waals surface area contributed by atoms with Gasteiger partial charge in [0.05, 0.1) is 6.42 Å². The van der Waals surface area contributed by atoms with E-state index in [9.17, 15) is 22.8 Å². The van der Waals surface area contributed by atoms with Gasteiger partial charge in [0.25, 0.3) is 16.0 Å². The smallest absolute Gasteiger partial charge is 0.353 e. The predicted octanol–water partition coefficient (Wildman–Crippen LogP) is -1.52. The molecule has 10 heteroatoms. The second-order valence-corrected chi connectivity index (χ2v) is 4.29. The Balaban J connectivity index is 4.72. The van der Waals surface area contributed by atoms with E-state index in [2.05, 4.69) is 11.4 Å². The quantitative estimate of drug-likeness (QED) is 0.309. The lowest BCUT2D eigenvalue weighted by molar-refractivity contribution is -0.157. The zero-order valence-corrected chi connectivity index (χ0v) is 9.14. The Morgan fingerprint density at radius 3 is 2.29 bits per heavy atom. The second-order valence-electron chi connectivity index (χ2n) is 2.69. The van der Waals surface area contributed by atoms with Crippen molar-refractivity contribution in [2.45, 2.75) is 11.7 Å². The van der Waals surface area contributed by atoms with Gasteiger partial charge in [0.1, 0.15) is 0 Å². The van der Waals surface area contributed by atoms with Crippen LogP contribution in [0.4, 0.5) is 0 Å². The summed E-state index contributed by atoms with van der Waals surface area (Å²) in [7, 11) is -4.95. The average molecular weight is 267 g/mol. The maximum Gasteiger partial charge on any atom is 0.353 e. The van der Waals surface area contributed by atoms with Crippen molar-refractivity contribution < 1.29 is 37.3 Å². The topological polar surface area (TPSA) is 147 Å². The van der Waals surface area contributed by atoms with Crippen molar-refractivity contribution in [1.82, 2.24) is 5.48 Å². The minimum atomic E-state index is -4.95. The van der Waals surface area contributed by atoms with E-state index in [0.29, 0.717) is 0 Å². The van der Waals surface area contributed by atoms with E-state index < -0.39 is 39.6 Å². The molecule has 1 atom stereocenters. The predicted molar refractivity (Wildman–Crippen MR) is 52.0 cm³/mol. The summed E-state index contributed by atoms with van der Waals surface area (Å²) in [5, 5.41) is 6.02. The Morgan fingerprint density at radius 1 is 1.41 bits per heavy atom. The van der Waals surface area contributed by atoms with Gasteiger partial charge in [0, 0.05) is 0 Å². The lowest BCUT2D eigenvalue weighted by Gasteiger charge is -2.10. The van der Waals surface area contributed by atoms with Crippen molar-refractivity contribution in [3.63, 3.8) is 0 Å². The van der Waals surface area contributed by atoms with Crippen molar-refractivity contribution in [2.75, 3.05) is 0 Å². The SMILES string of the molecule is C=CC(=O)NOC(=O)C(CC(=O)O)S(=O)(=O)O. The van der Waals surface area contributed by atoms with E-state index >= 15 is 0 Å². The Kier molecular flexibility index (Phi) is 5.28. The molecule has 0 radical (unpaired) electrons. The van der Waals surface area contributed by atoms with E-state index in [-0.39, 0.29) is 0 Å². The minimum absolute atomic E-state index is 0.729. The number of hydrogen-bond acceptors (Lipinski definition) is 6. The van der Waals surface area contributed by atoms with Crippen LogP contribution >= 0.6 is 0 Å². The number of rotatable bonds is 5. The molecule has 0 rings (SSSR count). The van der Waals surface area contributed by atoms with E-state index in [0.717, 1.165) is 6.08 Å². The van der Waals surface area contributed by atoms with Gasteiger partial charge in [-0.15, -0.1) is 0 Å². The van der Waals surface area contributed by atoms with E-state index in [4.69, 9.17) is 9.66 Å². The fourth-order valence-electron chi connectivity index (χ4n) is 0.677.